The minimum absolute atomic E-state index is 0.00531. The summed E-state index contributed by atoms with van der Waals surface area (Å²) in [5.41, 5.74) is 1.34. The quantitative estimate of drug-likeness (QED) is 0.869. The molecule has 1 aromatic heterocycles. The maximum Gasteiger partial charge on any atom is 0.251 e. The number of carbonyl (C=O) groups is 1. The molecule has 0 saturated heterocycles. The number of furan rings is 1. The first-order valence-electron chi connectivity index (χ1n) is 8.92. The van der Waals surface area contributed by atoms with Crippen LogP contribution in [0.25, 0.3) is 0 Å². The van der Waals surface area contributed by atoms with Gasteiger partial charge < -0.3 is 9.73 Å². The first kappa shape index (κ1) is 19.6. The smallest absolute Gasteiger partial charge is 0.251 e. The number of hydrogen-bond acceptors (Lipinski definition) is 4. The van der Waals surface area contributed by atoms with Gasteiger partial charge in [0, 0.05) is 31.6 Å². The molecule has 1 atom stereocenters. The summed E-state index contributed by atoms with van der Waals surface area (Å²) in [6, 6.07) is 7.93. The highest BCUT2D eigenvalue weighted by atomic mass is 32.2. The van der Waals surface area contributed by atoms with Gasteiger partial charge in [0.25, 0.3) is 5.91 Å². The van der Waals surface area contributed by atoms with E-state index in [1.807, 2.05) is 13.0 Å². The van der Waals surface area contributed by atoms with Gasteiger partial charge in [0.2, 0.25) is 10.0 Å². The summed E-state index contributed by atoms with van der Waals surface area (Å²) in [6.07, 6.45) is 1.62. The van der Waals surface area contributed by atoms with Crippen molar-refractivity contribution in [2.45, 2.75) is 44.6 Å². The largest absolute Gasteiger partial charge is 0.466 e. The van der Waals surface area contributed by atoms with Crippen molar-refractivity contribution in [1.29, 1.82) is 0 Å². The van der Waals surface area contributed by atoms with Crippen molar-refractivity contribution in [2.24, 2.45) is 5.41 Å². The normalized spacial score (nSPS) is 19.0. The van der Waals surface area contributed by atoms with Gasteiger partial charge in [0.05, 0.1) is 10.9 Å². The van der Waals surface area contributed by atoms with Crippen molar-refractivity contribution in [2.75, 3.05) is 14.1 Å². The topological polar surface area (TPSA) is 79.6 Å². The maximum absolute atomic E-state index is 12.8. The summed E-state index contributed by atoms with van der Waals surface area (Å²) in [5, 5.41) is 3.06. The fourth-order valence-electron chi connectivity index (χ4n) is 3.56. The van der Waals surface area contributed by atoms with E-state index >= 15 is 0 Å². The van der Waals surface area contributed by atoms with Gasteiger partial charge in [-0.2, -0.15) is 0 Å². The molecule has 7 heteroatoms. The minimum Gasteiger partial charge on any atom is -0.466 e. The number of hydrogen-bond donors (Lipinski definition) is 1. The third-order valence-corrected chi connectivity index (χ3v) is 6.73. The maximum atomic E-state index is 12.8. The van der Waals surface area contributed by atoms with Crippen LogP contribution in [0, 0.1) is 12.3 Å². The second kappa shape index (κ2) is 6.80. The summed E-state index contributed by atoms with van der Waals surface area (Å²) in [6.45, 7) is 6.20. The first-order chi connectivity index (χ1) is 12.5. The number of fused-ring (bicyclic) bond motifs is 1. The van der Waals surface area contributed by atoms with Crippen LogP contribution in [-0.4, -0.2) is 32.7 Å². The number of aryl methyl sites for hydroxylation is 1. The van der Waals surface area contributed by atoms with Crippen molar-refractivity contribution >= 4 is 15.9 Å². The van der Waals surface area contributed by atoms with Crippen molar-refractivity contribution in [3.8, 4) is 0 Å². The van der Waals surface area contributed by atoms with Gasteiger partial charge in [-0.05, 0) is 43.0 Å². The molecule has 0 fully saturated rings. The standard InChI is InChI=1S/C20H26N2O4S/c1-13-9-16-17(11-20(2,3)12-18(16)26-13)21-19(23)14-7-6-8-15(10-14)27(24,25)22(4)5/h6-10,17H,11-12H2,1-5H3,(H,21,23). The van der Waals surface area contributed by atoms with E-state index in [9.17, 15) is 13.2 Å². The fourth-order valence-corrected chi connectivity index (χ4v) is 4.51. The SMILES string of the molecule is Cc1cc2c(o1)CC(C)(C)CC2NC(=O)c1cccc(S(=O)(=O)N(C)C)c1. The molecule has 0 aliphatic heterocycles. The molecule has 2 aromatic rings. The van der Waals surface area contributed by atoms with E-state index in [1.54, 1.807) is 12.1 Å². The number of sulfonamides is 1. The van der Waals surface area contributed by atoms with Gasteiger partial charge in [0.1, 0.15) is 11.5 Å². The molecule has 1 N–H and O–H groups in total. The van der Waals surface area contributed by atoms with Gasteiger partial charge in [-0.3, -0.25) is 4.79 Å². The molecule has 1 heterocycles. The van der Waals surface area contributed by atoms with E-state index in [0.717, 1.165) is 34.2 Å². The summed E-state index contributed by atoms with van der Waals surface area (Å²) in [7, 11) is -0.657. The van der Waals surface area contributed by atoms with Crippen LogP contribution >= 0.6 is 0 Å². The second-order valence-electron chi connectivity index (χ2n) is 8.12. The predicted molar refractivity (Wildman–Crippen MR) is 103 cm³/mol. The Morgan fingerprint density at radius 3 is 2.63 bits per heavy atom. The average Bonchev–Trinajstić information content (AvgIpc) is 2.93. The molecule has 6 nitrogen and oxygen atoms in total. The lowest BCUT2D eigenvalue weighted by molar-refractivity contribution is 0.0917. The van der Waals surface area contributed by atoms with E-state index in [0.29, 0.717) is 5.56 Å². The lowest BCUT2D eigenvalue weighted by atomic mass is 9.74. The Balaban J connectivity index is 1.88. The Bertz CT molecular complexity index is 974. The molecule has 0 radical (unpaired) electrons. The van der Waals surface area contributed by atoms with Crippen LogP contribution in [0.2, 0.25) is 0 Å². The van der Waals surface area contributed by atoms with E-state index in [-0.39, 0.29) is 22.3 Å². The third-order valence-electron chi connectivity index (χ3n) is 4.92. The molecule has 1 unspecified atom stereocenters. The van der Waals surface area contributed by atoms with Crippen molar-refractivity contribution < 1.29 is 17.6 Å². The molecule has 0 bridgehead atoms. The number of carbonyl (C=O) groups excluding carboxylic acids is 1. The van der Waals surface area contributed by atoms with Crippen molar-refractivity contribution in [3.05, 3.63) is 53.0 Å². The molecule has 1 aliphatic rings. The highest BCUT2D eigenvalue weighted by molar-refractivity contribution is 7.89. The molecule has 0 saturated carbocycles. The van der Waals surface area contributed by atoms with Crippen LogP contribution < -0.4 is 5.32 Å². The van der Waals surface area contributed by atoms with Crippen LogP contribution in [0.3, 0.4) is 0 Å². The van der Waals surface area contributed by atoms with Crippen LogP contribution in [0.1, 0.15) is 53.8 Å². The Hall–Kier alpha value is -2.12. The number of benzene rings is 1. The predicted octanol–water partition coefficient (Wildman–Crippen LogP) is 3.28. The number of nitrogens with zero attached hydrogens (tertiary/aromatic N) is 1. The molecule has 1 aliphatic carbocycles. The zero-order valence-corrected chi connectivity index (χ0v) is 17.2. The van der Waals surface area contributed by atoms with E-state index in [1.165, 1.54) is 26.2 Å². The van der Waals surface area contributed by atoms with Crippen LogP contribution in [0.4, 0.5) is 0 Å². The van der Waals surface area contributed by atoms with Crippen LogP contribution in [0.5, 0.6) is 0 Å². The summed E-state index contributed by atoms with van der Waals surface area (Å²) >= 11 is 0. The fraction of sp³-hybridized carbons (Fsp3) is 0.450. The number of amides is 1. The van der Waals surface area contributed by atoms with Gasteiger partial charge in [-0.1, -0.05) is 19.9 Å². The summed E-state index contributed by atoms with van der Waals surface area (Å²) in [4.78, 5) is 12.9. The van der Waals surface area contributed by atoms with Crippen LogP contribution in [-0.2, 0) is 16.4 Å². The summed E-state index contributed by atoms with van der Waals surface area (Å²) < 4.78 is 31.6. The zero-order valence-electron chi connectivity index (χ0n) is 16.4. The van der Waals surface area contributed by atoms with Gasteiger partial charge in [-0.25, -0.2) is 12.7 Å². The average molecular weight is 391 g/mol. The van der Waals surface area contributed by atoms with E-state index in [2.05, 4.69) is 19.2 Å². The number of nitrogens with one attached hydrogen (secondary N) is 1. The molecule has 0 spiro atoms. The highest BCUT2D eigenvalue weighted by Gasteiger charge is 2.35. The Morgan fingerprint density at radius 2 is 1.96 bits per heavy atom. The summed E-state index contributed by atoms with van der Waals surface area (Å²) in [5.74, 6) is 1.45. The van der Waals surface area contributed by atoms with E-state index in [4.69, 9.17) is 4.42 Å². The first-order valence-corrected chi connectivity index (χ1v) is 10.4. The minimum atomic E-state index is -3.59. The lowest BCUT2D eigenvalue weighted by Crippen LogP contribution is -2.36. The van der Waals surface area contributed by atoms with Gasteiger partial charge >= 0.3 is 0 Å². The zero-order chi connectivity index (χ0) is 20.0. The Kier molecular flexibility index (Phi) is 4.94. The monoisotopic (exact) mass is 390 g/mol. The van der Waals surface area contributed by atoms with Crippen molar-refractivity contribution in [3.63, 3.8) is 0 Å². The second-order valence-corrected chi connectivity index (χ2v) is 10.3. The van der Waals surface area contributed by atoms with Crippen LogP contribution in [0.15, 0.2) is 39.6 Å². The van der Waals surface area contributed by atoms with Gasteiger partial charge in [-0.15, -0.1) is 0 Å². The van der Waals surface area contributed by atoms with Crippen molar-refractivity contribution in [1.82, 2.24) is 9.62 Å². The third kappa shape index (κ3) is 3.94. The molecule has 27 heavy (non-hydrogen) atoms. The molecule has 1 aromatic carbocycles. The van der Waals surface area contributed by atoms with E-state index < -0.39 is 10.0 Å². The lowest BCUT2D eigenvalue weighted by Gasteiger charge is -2.34. The van der Waals surface area contributed by atoms with Gasteiger partial charge in [0.15, 0.2) is 0 Å². The molecular weight excluding hydrogens is 364 g/mol. The Labute approximate surface area is 160 Å². The molecule has 146 valence electrons. The highest BCUT2D eigenvalue weighted by Crippen LogP contribution is 2.42. The molecular formula is C20H26N2O4S. The molecule has 3 rings (SSSR count). The number of rotatable bonds is 4. The molecule has 1 amide bonds. The Morgan fingerprint density at radius 1 is 1.26 bits per heavy atom.